The average molecular weight is 438 g/mol. The normalized spacial score (nSPS) is 26.8. The van der Waals surface area contributed by atoms with E-state index in [9.17, 15) is 9.59 Å². The van der Waals surface area contributed by atoms with E-state index in [2.05, 4.69) is 25.5 Å². The van der Waals surface area contributed by atoms with Gasteiger partial charge < -0.3 is 20.3 Å². The fraction of sp³-hybridized carbons (Fsp3) is 0.583. The summed E-state index contributed by atoms with van der Waals surface area (Å²) in [5, 5.41) is 6.25. The van der Waals surface area contributed by atoms with E-state index >= 15 is 0 Å². The second-order valence-electron chi connectivity index (χ2n) is 9.58. The van der Waals surface area contributed by atoms with Crippen LogP contribution in [0.4, 0.5) is 11.6 Å². The lowest BCUT2D eigenvalue weighted by molar-refractivity contribution is -0.117. The molecule has 1 spiro atoms. The molecule has 0 aromatic carbocycles. The minimum absolute atomic E-state index is 0.0170. The summed E-state index contributed by atoms with van der Waals surface area (Å²) < 4.78 is 6.07. The predicted molar refractivity (Wildman–Crippen MR) is 121 cm³/mol. The molecule has 8 nitrogen and oxygen atoms in total. The van der Waals surface area contributed by atoms with Gasteiger partial charge in [-0.25, -0.2) is 9.97 Å². The third-order valence-electron chi connectivity index (χ3n) is 7.18. The average Bonchev–Trinajstić information content (AvgIpc) is 3.57. The zero-order valence-corrected chi connectivity index (χ0v) is 18.9. The number of nitrogens with zero attached hydrogens (tertiary/aromatic N) is 3. The second kappa shape index (κ2) is 8.31. The van der Waals surface area contributed by atoms with E-state index in [1.165, 1.54) is 25.6 Å². The molecule has 3 heterocycles. The van der Waals surface area contributed by atoms with Crippen molar-refractivity contribution in [3.63, 3.8) is 0 Å². The minimum Gasteiger partial charge on any atom is -0.355 e. The van der Waals surface area contributed by atoms with Gasteiger partial charge in [-0.2, -0.15) is 0 Å². The number of rotatable bonds is 4. The molecule has 0 atom stereocenters. The number of carbonyl (C=O) groups excluding carboxylic acids is 2. The Morgan fingerprint density at radius 1 is 1.16 bits per heavy atom. The Hall–Kier alpha value is -2.74. The number of ether oxygens (including phenoxy) is 1. The Balaban J connectivity index is 1.39. The molecule has 5 rings (SSSR count). The van der Waals surface area contributed by atoms with Gasteiger partial charge in [0, 0.05) is 29.1 Å². The summed E-state index contributed by atoms with van der Waals surface area (Å²) in [6, 6.07) is 0. The van der Waals surface area contributed by atoms with Crippen LogP contribution in [-0.4, -0.2) is 45.4 Å². The number of allylic oxidation sites excluding steroid dienone is 3. The van der Waals surface area contributed by atoms with Crippen molar-refractivity contribution >= 4 is 23.3 Å². The van der Waals surface area contributed by atoms with Gasteiger partial charge in [-0.1, -0.05) is 19.3 Å². The number of hydrogen-bond donors (Lipinski definition) is 2. The fourth-order valence-electron chi connectivity index (χ4n) is 5.27. The van der Waals surface area contributed by atoms with Crippen LogP contribution in [0.2, 0.25) is 0 Å². The third kappa shape index (κ3) is 3.92. The molecule has 2 aliphatic heterocycles. The summed E-state index contributed by atoms with van der Waals surface area (Å²) in [6.07, 6.45) is 11.6. The first-order valence-corrected chi connectivity index (χ1v) is 11.7. The lowest BCUT2D eigenvalue weighted by atomic mass is 9.80. The maximum atomic E-state index is 13.0. The number of carbonyl (C=O) groups is 2. The highest BCUT2D eigenvalue weighted by molar-refractivity contribution is 5.99. The van der Waals surface area contributed by atoms with Crippen molar-refractivity contribution in [2.75, 3.05) is 24.0 Å². The van der Waals surface area contributed by atoms with Crippen LogP contribution in [0.3, 0.4) is 0 Å². The molecule has 1 aromatic heterocycles. The van der Waals surface area contributed by atoms with Gasteiger partial charge in [0.05, 0.1) is 12.3 Å². The number of Topliss-reactive ketones (excluding diaryl/α,β-unsaturated/α-hetero) is 1. The van der Waals surface area contributed by atoms with Crippen LogP contribution < -0.4 is 10.6 Å². The van der Waals surface area contributed by atoms with Crippen LogP contribution in [0.25, 0.3) is 0 Å². The molecule has 0 unspecified atom stereocenters. The smallest absolute Gasteiger partial charge is 0.228 e. The third-order valence-corrected chi connectivity index (χ3v) is 7.18. The molecule has 170 valence electrons. The molecule has 0 bridgehead atoms. The topological polar surface area (TPSA) is 96.4 Å². The number of ketones is 1. The van der Waals surface area contributed by atoms with Crippen molar-refractivity contribution in [2.45, 2.75) is 70.8 Å². The second-order valence-corrected chi connectivity index (χ2v) is 9.58. The Morgan fingerprint density at radius 2 is 1.91 bits per heavy atom. The van der Waals surface area contributed by atoms with Crippen LogP contribution in [0.15, 0.2) is 29.4 Å². The van der Waals surface area contributed by atoms with Gasteiger partial charge in [-0.15, -0.1) is 0 Å². The lowest BCUT2D eigenvalue weighted by Crippen LogP contribution is -2.46. The van der Waals surface area contributed by atoms with Gasteiger partial charge in [0.1, 0.15) is 24.7 Å². The van der Waals surface area contributed by atoms with Gasteiger partial charge in [0.2, 0.25) is 5.91 Å². The summed E-state index contributed by atoms with van der Waals surface area (Å²) in [5.74, 6) is 1.49. The van der Waals surface area contributed by atoms with Crippen LogP contribution in [0.5, 0.6) is 0 Å². The van der Waals surface area contributed by atoms with Gasteiger partial charge in [-0.05, 0) is 51.2 Å². The largest absolute Gasteiger partial charge is 0.355 e. The number of nitrogens with one attached hydrogen (secondary N) is 2. The quantitative estimate of drug-likeness (QED) is 0.742. The lowest BCUT2D eigenvalue weighted by Gasteiger charge is -2.42. The van der Waals surface area contributed by atoms with E-state index in [0.717, 1.165) is 48.2 Å². The molecule has 0 radical (unpaired) electrons. The molecule has 1 saturated heterocycles. The van der Waals surface area contributed by atoms with Gasteiger partial charge in [-0.3, -0.25) is 9.59 Å². The number of anilines is 2. The SMILES string of the molecule is CC1=C2\C(=O)CC3(CCCCC3)N2COC/C(Nc2ncnc(NC(=O)C3CC3)c2C)=C\1. The number of aromatic nitrogens is 2. The van der Waals surface area contributed by atoms with E-state index in [0.29, 0.717) is 31.4 Å². The van der Waals surface area contributed by atoms with E-state index < -0.39 is 0 Å². The van der Waals surface area contributed by atoms with Gasteiger partial charge in [0.25, 0.3) is 0 Å². The molecule has 1 amide bonds. The fourth-order valence-corrected chi connectivity index (χ4v) is 5.27. The maximum absolute atomic E-state index is 13.0. The summed E-state index contributed by atoms with van der Waals surface area (Å²) in [6.45, 7) is 4.69. The maximum Gasteiger partial charge on any atom is 0.228 e. The molecular weight excluding hydrogens is 406 g/mol. The van der Waals surface area contributed by atoms with Crippen molar-refractivity contribution in [2.24, 2.45) is 5.92 Å². The Bertz CT molecular complexity index is 1000. The molecule has 1 aromatic rings. The zero-order chi connectivity index (χ0) is 22.3. The van der Waals surface area contributed by atoms with Crippen LogP contribution >= 0.6 is 0 Å². The molecular formula is C24H31N5O3. The van der Waals surface area contributed by atoms with Gasteiger partial charge in [0.15, 0.2) is 5.78 Å². The highest BCUT2D eigenvalue weighted by atomic mass is 16.5. The molecule has 2 N–H and O–H groups in total. The first-order valence-electron chi connectivity index (χ1n) is 11.7. The predicted octanol–water partition coefficient (Wildman–Crippen LogP) is 3.67. The minimum atomic E-state index is -0.0669. The van der Waals surface area contributed by atoms with Crippen molar-refractivity contribution in [3.05, 3.63) is 34.9 Å². The first kappa shape index (κ1) is 21.1. The van der Waals surface area contributed by atoms with Gasteiger partial charge >= 0.3 is 0 Å². The summed E-state index contributed by atoms with van der Waals surface area (Å²) in [7, 11) is 0. The standard InChI is InChI=1S/C24H31N5O3/c1-15-10-18(27-21-16(2)22(26-13-25-21)28-23(31)17-6-7-17)12-32-14-29-20(15)19(30)11-24(29)8-4-3-5-9-24/h10,13,17H,3-9,11-12,14H2,1-2H3,(H2,25,26,27,28,31)/b18-10+,20-15-. The summed E-state index contributed by atoms with van der Waals surface area (Å²) in [5.41, 5.74) is 3.28. The molecule has 8 heteroatoms. The number of amides is 1. The number of fused-ring (bicyclic) bond motifs is 2. The van der Waals surface area contributed by atoms with Crippen molar-refractivity contribution in [1.29, 1.82) is 0 Å². The molecule has 4 aliphatic rings. The van der Waals surface area contributed by atoms with Crippen molar-refractivity contribution < 1.29 is 14.3 Å². The molecule has 2 saturated carbocycles. The first-order chi connectivity index (χ1) is 15.5. The summed E-state index contributed by atoms with van der Waals surface area (Å²) >= 11 is 0. The van der Waals surface area contributed by atoms with E-state index in [4.69, 9.17) is 4.74 Å². The molecule has 2 aliphatic carbocycles. The highest BCUT2D eigenvalue weighted by Gasteiger charge is 2.48. The van der Waals surface area contributed by atoms with Crippen LogP contribution in [-0.2, 0) is 14.3 Å². The monoisotopic (exact) mass is 437 g/mol. The Morgan fingerprint density at radius 3 is 2.66 bits per heavy atom. The van der Waals surface area contributed by atoms with Crippen molar-refractivity contribution in [1.82, 2.24) is 14.9 Å². The molecule has 32 heavy (non-hydrogen) atoms. The van der Waals surface area contributed by atoms with E-state index in [1.54, 1.807) is 0 Å². The van der Waals surface area contributed by atoms with Crippen LogP contribution in [0.1, 0.15) is 63.9 Å². The highest BCUT2D eigenvalue weighted by Crippen LogP contribution is 2.45. The Labute approximate surface area is 188 Å². The van der Waals surface area contributed by atoms with Crippen LogP contribution in [0, 0.1) is 12.8 Å². The Kier molecular flexibility index (Phi) is 5.49. The van der Waals surface area contributed by atoms with E-state index in [1.807, 2.05) is 19.9 Å². The van der Waals surface area contributed by atoms with E-state index in [-0.39, 0.29) is 23.1 Å². The summed E-state index contributed by atoms with van der Waals surface area (Å²) in [4.78, 5) is 36.0. The van der Waals surface area contributed by atoms with Crippen molar-refractivity contribution in [3.8, 4) is 0 Å². The molecule has 3 fully saturated rings. The number of hydrogen-bond acceptors (Lipinski definition) is 7. The zero-order valence-electron chi connectivity index (χ0n) is 18.9.